The van der Waals surface area contributed by atoms with Gasteiger partial charge in [0.1, 0.15) is 0 Å². The highest BCUT2D eigenvalue weighted by Gasteiger charge is 2.42. The van der Waals surface area contributed by atoms with Crippen LogP contribution in [0.5, 0.6) is 0 Å². The van der Waals surface area contributed by atoms with Crippen molar-refractivity contribution in [2.75, 3.05) is 0 Å². The molecule has 0 amide bonds. The van der Waals surface area contributed by atoms with E-state index in [1.807, 2.05) is 0 Å². The Labute approximate surface area is 195 Å². The lowest BCUT2D eigenvalue weighted by Gasteiger charge is -2.39. The first-order valence-electron chi connectivity index (χ1n) is 12.1. The van der Waals surface area contributed by atoms with Gasteiger partial charge in [-0.3, -0.25) is 0 Å². The molecule has 0 N–H and O–H groups in total. The van der Waals surface area contributed by atoms with Crippen molar-refractivity contribution in [3.05, 3.63) is 108 Å². The molecule has 1 heteroatoms. The third-order valence-electron chi connectivity index (χ3n) is 8.16. The standard InChI is InChI=1S/3C10H13.Al/c3*1-3-9(2)10-7-5-4-6-8-10;/h3*3-9H,1-2H3;. The maximum Gasteiger partial charge on any atom is 0.273 e. The van der Waals surface area contributed by atoms with Gasteiger partial charge in [-0.15, -0.1) is 0 Å². The molecule has 0 heterocycles. The summed E-state index contributed by atoms with van der Waals surface area (Å²) in [6, 6.07) is 33.5. The summed E-state index contributed by atoms with van der Waals surface area (Å²) in [6.45, 7) is 15.0. The van der Waals surface area contributed by atoms with E-state index in [4.69, 9.17) is 0 Å². The molecule has 31 heavy (non-hydrogen) atoms. The SMILES string of the molecule is CC(c1ccccc1)[CH](C)[Al]([CH](C)C(C)c1ccccc1)[CH](C)C(C)c1ccccc1. The van der Waals surface area contributed by atoms with E-state index >= 15 is 0 Å². The van der Waals surface area contributed by atoms with Crippen LogP contribution in [0.15, 0.2) is 91.0 Å². The first-order valence-corrected chi connectivity index (χ1v) is 14.1. The highest BCUT2D eigenvalue weighted by molar-refractivity contribution is 6.64. The van der Waals surface area contributed by atoms with Crippen molar-refractivity contribution in [1.82, 2.24) is 0 Å². The fraction of sp³-hybridized carbons (Fsp3) is 0.400. The van der Waals surface area contributed by atoms with Crippen LogP contribution < -0.4 is 0 Å². The second kappa shape index (κ2) is 11.2. The van der Waals surface area contributed by atoms with Crippen molar-refractivity contribution in [3.8, 4) is 0 Å². The average Bonchev–Trinajstić information content (AvgIpc) is 2.84. The van der Waals surface area contributed by atoms with Crippen LogP contribution in [-0.2, 0) is 0 Å². The fourth-order valence-electron chi connectivity index (χ4n) is 5.62. The summed E-state index contributed by atoms with van der Waals surface area (Å²) in [6.07, 6.45) is 0. The lowest BCUT2D eigenvalue weighted by atomic mass is 9.97. The normalized spacial score (nSPS) is 17.2. The molecule has 0 fully saturated rings. The van der Waals surface area contributed by atoms with Gasteiger partial charge in [0.05, 0.1) is 0 Å². The summed E-state index contributed by atoms with van der Waals surface area (Å²) >= 11 is -1.20. The first kappa shape index (κ1) is 23.8. The van der Waals surface area contributed by atoms with Crippen molar-refractivity contribution in [2.24, 2.45) is 0 Å². The van der Waals surface area contributed by atoms with E-state index in [0.717, 1.165) is 14.3 Å². The molecule has 0 aromatic heterocycles. The van der Waals surface area contributed by atoms with Gasteiger partial charge in [0.2, 0.25) is 0 Å². The zero-order chi connectivity index (χ0) is 22.4. The quantitative estimate of drug-likeness (QED) is 0.299. The van der Waals surface area contributed by atoms with Crippen LogP contribution in [0.25, 0.3) is 0 Å². The molecule has 0 nitrogen and oxygen atoms in total. The molecule has 0 aliphatic carbocycles. The predicted molar refractivity (Wildman–Crippen MR) is 139 cm³/mol. The van der Waals surface area contributed by atoms with Gasteiger partial charge in [-0.2, -0.15) is 0 Å². The number of benzene rings is 3. The van der Waals surface area contributed by atoms with Crippen LogP contribution in [0.3, 0.4) is 0 Å². The third-order valence-corrected chi connectivity index (χ3v) is 13.5. The van der Waals surface area contributed by atoms with Crippen molar-refractivity contribution >= 4 is 14.1 Å². The van der Waals surface area contributed by atoms with Crippen LogP contribution in [0.1, 0.15) is 76.0 Å². The molecule has 0 saturated heterocycles. The number of rotatable bonds is 9. The molecule has 162 valence electrons. The average molecular weight is 427 g/mol. The molecular weight excluding hydrogens is 387 g/mol. The Kier molecular flexibility index (Phi) is 8.60. The molecular formula is C30H39Al. The van der Waals surface area contributed by atoms with Gasteiger partial charge in [-0.1, -0.05) is 147 Å². The second-order valence-electron chi connectivity index (χ2n) is 9.75. The van der Waals surface area contributed by atoms with Crippen molar-refractivity contribution in [2.45, 2.75) is 73.6 Å². The van der Waals surface area contributed by atoms with Gasteiger partial charge in [-0.25, -0.2) is 0 Å². The van der Waals surface area contributed by atoms with Crippen LogP contribution in [0.4, 0.5) is 0 Å². The van der Waals surface area contributed by atoms with Crippen molar-refractivity contribution < 1.29 is 0 Å². The number of hydrogen-bond donors (Lipinski definition) is 0. The zero-order valence-electron chi connectivity index (χ0n) is 20.2. The minimum atomic E-state index is -1.20. The summed E-state index contributed by atoms with van der Waals surface area (Å²) in [5, 5.41) is 0. The topological polar surface area (TPSA) is 0 Å². The van der Waals surface area contributed by atoms with Gasteiger partial charge < -0.3 is 0 Å². The summed E-state index contributed by atoms with van der Waals surface area (Å²) in [7, 11) is 0. The van der Waals surface area contributed by atoms with Gasteiger partial charge in [0.25, 0.3) is 14.1 Å². The van der Waals surface area contributed by atoms with Crippen LogP contribution in [-0.4, -0.2) is 14.1 Å². The van der Waals surface area contributed by atoms with Gasteiger partial charge in [0, 0.05) is 0 Å². The van der Waals surface area contributed by atoms with Crippen LogP contribution in [0.2, 0.25) is 14.3 Å². The Morgan fingerprint density at radius 2 is 0.613 bits per heavy atom. The Balaban J connectivity index is 1.94. The molecule has 6 atom stereocenters. The minimum absolute atomic E-state index is 0.591. The van der Waals surface area contributed by atoms with Gasteiger partial charge in [-0.05, 0) is 34.4 Å². The third kappa shape index (κ3) is 5.71. The first-order chi connectivity index (χ1) is 14.9. The summed E-state index contributed by atoms with van der Waals surface area (Å²) in [4.78, 5) is 0. The molecule has 6 unspecified atom stereocenters. The Hall–Kier alpha value is -1.81. The predicted octanol–water partition coefficient (Wildman–Crippen LogP) is 9.06. The smallest absolute Gasteiger partial charge is 0.0780 e. The van der Waals surface area contributed by atoms with E-state index in [-0.39, 0.29) is 0 Å². The van der Waals surface area contributed by atoms with E-state index in [2.05, 4.69) is 133 Å². The monoisotopic (exact) mass is 426 g/mol. The largest absolute Gasteiger partial charge is 0.273 e. The maximum atomic E-state index is 2.55. The van der Waals surface area contributed by atoms with Crippen molar-refractivity contribution in [3.63, 3.8) is 0 Å². The summed E-state index contributed by atoms with van der Waals surface area (Å²) in [5.74, 6) is 1.77. The highest BCUT2D eigenvalue weighted by atomic mass is 27.2. The maximum absolute atomic E-state index is 2.55. The molecule has 3 rings (SSSR count). The fourth-order valence-corrected chi connectivity index (χ4v) is 11.2. The van der Waals surface area contributed by atoms with Crippen molar-refractivity contribution in [1.29, 1.82) is 0 Å². The van der Waals surface area contributed by atoms with E-state index in [1.54, 1.807) is 0 Å². The Bertz CT molecular complexity index is 767. The molecule has 0 saturated carbocycles. The molecule has 0 aliphatic heterocycles. The van der Waals surface area contributed by atoms with Crippen LogP contribution in [0, 0.1) is 0 Å². The summed E-state index contributed by atoms with van der Waals surface area (Å²) < 4.78 is 2.18. The lowest BCUT2D eigenvalue weighted by molar-refractivity contribution is 0.608. The number of hydrogen-bond acceptors (Lipinski definition) is 0. The molecule has 3 aromatic carbocycles. The minimum Gasteiger partial charge on any atom is -0.0780 e. The molecule has 0 aliphatic rings. The summed E-state index contributed by atoms with van der Waals surface area (Å²) in [5.41, 5.74) is 4.48. The Morgan fingerprint density at radius 3 is 0.839 bits per heavy atom. The zero-order valence-corrected chi connectivity index (χ0v) is 21.4. The van der Waals surface area contributed by atoms with Gasteiger partial charge in [0.15, 0.2) is 0 Å². The van der Waals surface area contributed by atoms with Gasteiger partial charge >= 0.3 is 0 Å². The van der Waals surface area contributed by atoms with E-state index in [9.17, 15) is 0 Å². The Morgan fingerprint density at radius 1 is 0.387 bits per heavy atom. The molecule has 0 radical (unpaired) electrons. The molecule has 0 spiro atoms. The molecule has 0 bridgehead atoms. The lowest BCUT2D eigenvalue weighted by Crippen LogP contribution is -2.35. The second-order valence-corrected chi connectivity index (χ2v) is 14.1. The van der Waals surface area contributed by atoms with E-state index < -0.39 is 14.1 Å². The van der Waals surface area contributed by atoms with E-state index in [1.165, 1.54) is 16.7 Å². The van der Waals surface area contributed by atoms with E-state index in [0.29, 0.717) is 17.8 Å². The van der Waals surface area contributed by atoms with Crippen LogP contribution >= 0.6 is 0 Å². The molecule has 3 aromatic rings. The highest BCUT2D eigenvalue weighted by Crippen LogP contribution is 2.48.